The van der Waals surface area contributed by atoms with Crippen LogP contribution in [0.4, 0.5) is 0 Å². The quantitative estimate of drug-likeness (QED) is 0.692. The fourth-order valence-electron chi connectivity index (χ4n) is 2.58. The van der Waals surface area contributed by atoms with Crippen molar-refractivity contribution >= 4 is 22.8 Å². The highest BCUT2D eigenvalue weighted by Crippen LogP contribution is 2.25. The van der Waals surface area contributed by atoms with E-state index < -0.39 is 0 Å². The maximum atomic E-state index is 5.94. The monoisotopic (exact) mass is 300 g/mol. The predicted molar refractivity (Wildman–Crippen MR) is 84.7 cm³/mol. The Morgan fingerprint density at radius 2 is 2.05 bits per heavy atom. The summed E-state index contributed by atoms with van der Waals surface area (Å²) in [7, 11) is 0. The minimum atomic E-state index is 0.0729. The van der Waals surface area contributed by atoms with Crippen molar-refractivity contribution in [2.75, 3.05) is 5.88 Å². The number of halogens is 1. The van der Waals surface area contributed by atoms with Gasteiger partial charge in [0.15, 0.2) is 5.65 Å². The van der Waals surface area contributed by atoms with E-state index in [9.17, 15) is 0 Å². The predicted octanol–water partition coefficient (Wildman–Crippen LogP) is 3.53. The Labute approximate surface area is 128 Å². The lowest BCUT2D eigenvalue weighted by Gasteiger charge is -2.16. The van der Waals surface area contributed by atoms with Crippen molar-refractivity contribution in [2.24, 2.45) is 0 Å². The van der Waals surface area contributed by atoms with E-state index in [0.717, 1.165) is 28.2 Å². The van der Waals surface area contributed by atoms with Crippen LogP contribution >= 0.6 is 11.6 Å². The molecule has 0 saturated heterocycles. The minimum Gasteiger partial charge on any atom is -0.304 e. The maximum absolute atomic E-state index is 5.94. The molecule has 3 heterocycles. The van der Waals surface area contributed by atoms with Crippen LogP contribution in [-0.2, 0) is 6.42 Å². The number of imidazole rings is 1. The van der Waals surface area contributed by atoms with Crippen LogP contribution in [0.1, 0.15) is 30.0 Å². The second kappa shape index (κ2) is 5.82. The second-order valence-corrected chi connectivity index (χ2v) is 5.45. The van der Waals surface area contributed by atoms with Crippen LogP contribution in [0.3, 0.4) is 0 Å². The van der Waals surface area contributed by atoms with E-state index in [1.165, 1.54) is 0 Å². The summed E-state index contributed by atoms with van der Waals surface area (Å²) in [6, 6.07) is 8.00. The molecule has 0 radical (unpaired) electrons. The average molecular weight is 301 g/mol. The SMILES string of the molecule is Cc1ccnc2c1nc(CCCl)n2C(C)c1ccccn1. The van der Waals surface area contributed by atoms with Gasteiger partial charge in [-0.15, -0.1) is 11.6 Å². The fourth-order valence-corrected chi connectivity index (χ4v) is 2.75. The third-order valence-corrected chi connectivity index (χ3v) is 3.86. The van der Waals surface area contributed by atoms with Gasteiger partial charge in [0.1, 0.15) is 11.3 Å². The first-order valence-electron chi connectivity index (χ1n) is 7.01. The number of pyridine rings is 2. The molecule has 3 aromatic heterocycles. The van der Waals surface area contributed by atoms with Crippen LogP contribution in [0.15, 0.2) is 36.7 Å². The number of hydrogen-bond acceptors (Lipinski definition) is 3. The molecule has 3 aromatic rings. The Morgan fingerprint density at radius 3 is 2.76 bits per heavy atom. The van der Waals surface area contributed by atoms with Crippen LogP contribution in [0.2, 0.25) is 0 Å². The lowest BCUT2D eigenvalue weighted by atomic mass is 10.2. The van der Waals surface area contributed by atoms with Gasteiger partial charge in [0.25, 0.3) is 0 Å². The molecule has 0 fully saturated rings. The van der Waals surface area contributed by atoms with E-state index >= 15 is 0 Å². The van der Waals surface area contributed by atoms with Gasteiger partial charge in [0, 0.05) is 24.7 Å². The number of nitrogens with zero attached hydrogens (tertiary/aromatic N) is 4. The van der Waals surface area contributed by atoms with Gasteiger partial charge >= 0.3 is 0 Å². The van der Waals surface area contributed by atoms with Gasteiger partial charge in [-0.1, -0.05) is 6.07 Å². The number of hydrogen-bond donors (Lipinski definition) is 0. The van der Waals surface area contributed by atoms with Gasteiger partial charge in [-0.25, -0.2) is 9.97 Å². The van der Waals surface area contributed by atoms with Crippen molar-refractivity contribution in [1.82, 2.24) is 19.5 Å². The number of fused-ring (bicyclic) bond motifs is 1. The molecule has 0 amide bonds. The van der Waals surface area contributed by atoms with Crippen LogP contribution in [0.5, 0.6) is 0 Å². The standard InChI is InChI=1S/C16H17ClN4/c1-11-7-10-19-16-15(11)20-14(6-8-17)21(16)12(2)13-5-3-4-9-18-13/h3-5,7,9-10,12H,6,8H2,1-2H3. The lowest BCUT2D eigenvalue weighted by Crippen LogP contribution is -2.13. The van der Waals surface area contributed by atoms with E-state index in [0.29, 0.717) is 12.3 Å². The van der Waals surface area contributed by atoms with E-state index in [1.807, 2.05) is 36.7 Å². The topological polar surface area (TPSA) is 43.6 Å². The third kappa shape index (κ3) is 2.51. The second-order valence-electron chi connectivity index (χ2n) is 5.07. The van der Waals surface area contributed by atoms with Crippen molar-refractivity contribution < 1.29 is 0 Å². The minimum absolute atomic E-state index is 0.0729. The summed E-state index contributed by atoms with van der Waals surface area (Å²) in [4.78, 5) is 13.7. The smallest absolute Gasteiger partial charge is 0.160 e. The molecule has 0 aliphatic carbocycles. The van der Waals surface area contributed by atoms with Gasteiger partial charge < -0.3 is 4.57 Å². The maximum Gasteiger partial charge on any atom is 0.160 e. The number of aryl methyl sites for hydroxylation is 2. The van der Waals surface area contributed by atoms with E-state index in [4.69, 9.17) is 16.6 Å². The first-order chi connectivity index (χ1) is 10.2. The summed E-state index contributed by atoms with van der Waals surface area (Å²) < 4.78 is 2.15. The number of aromatic nitrogens is 4. The molecule has 1 atom stereocenters. The van der Waals surface area contributed by atoms with Gasteiger partial charge in [0.2, 0.25) is 0 Å². The molecule has 4 nitrogen and oxygen atoms in total. The number of rotatable bonds is 4. The van der Waals surface area contributed by atoms with Crippen molar-refractivity contribution in [3.05, 3.63) is 53.7 Å². The molecule has 21 heavy (non-hydrogen) atoms. The zero-order chi connectivity index (χ0) is 14.8. The summed E-state index contributed by atoms with van der Waals surface area (Å²) in [6.45, 7) is 4.17. The van der Waals surface area contributed by atoms with Gasteiger partial charge in [-0.05, 0) is 37.6 Å². The normalized spacial score (nSPS) is 12.7. The highest BCUT2D eigenvalue weighted by atomic mass is 35.5. The van der Waals surface area contributed by atoms with Crippen molar-refractivity contribution in [2.45, 2.75) is 26.3 Å². The molecule has 0 aliphatic heterocycles. The van der Waals surface area contributed by atoms with Crippen LogP contribution in [-0.4, -0.2) is 25.4 Å². The van der Waals surface area contributed by atoms with Crippen LogP contribution in [0, 0.1) is 6.92 Å². The van der Waals surface area contributed by atoms with Gasteiger partial charge in [-0.2, -0.15) is 0 Å². The summed E-state index contributed by atoms with van der Waals surface area (Å²) in [5, 5.41) is 0. The first-order valence-corrected chi connectivity index (χ1v) is 7.55. The Hall–Kier alpha value is -1.94. The first kappa shape index (κ1) is 14.0. The highest BCUT2D eigenvalue weighted by Gasteiger charge is 2.19. The molecule has 1 unspecified atom stereocenters. The molecular formula is C16H17ClN4. The van der Waals surface area contributed by atoms with E-state index in [1.54, 1.807) is 0 Å². The van der Waals surface area contributed by atoms with Crippen molar-refractivity contribution in [3.63, 3.8) is 0 Å². The van der Waals surface area contributed by atoms with Gasteiger partial charge in [0.05, 0.1) is 11.7 Å². The molecule has 0 spiro atoms. The molecule has 108 valence electrons. The third-order valence-electron chi connectivity index (χ3n) is 3.68. The Kier molecular flexibility index (Phi) is 3.88. The van der Waals surface area contributed by atoms with Crippen molar-refractivity contribution in [3.8, 4) is 0 Å². The van der Waals surface area contributed by atoms with Crippen LogP contribution < -0.4 is 0 Å². The zero-order valence-corrected chi connectivity index (χ0v) is 12.9. The molecular weight excluding hydrogens is 284 g/mol. The molecule has 0 saturated carbocycles. The lowest BCUT2D eigenvalue weighted by molar-refractivity contribution is 0.603. The van der Waals surface area contributed by atoms with E-state index in [-0.39, 0.29) is 6.04 Å². The summed E-state index contributed by atoms with van der Waals surface area (Å²) >= 11 is 5.94. The van der Waals surface area contributed by atoms with E-state index in [2.05, 4.69) is 28.4 Å². The molecule has 0 aliphatic rings. The summed E-state index contributed by atoms with van der Waals surface area (Å²) in [5.74, 6) is 1.50. The molecule has 0 aromatic carbocycles. The Bertz CT molecular complexity index is 752. The van der Waals surface area contributed by atoms with Crippen molar-refractivity contribution in [1.29, 1.82) is 0 Å². The number of alkyl halides is 1. The molecule has 3 rings (SSSR count). The Balaban J connectivity index is 2.20. The highest BCUT2D eigenvalue weighted by molar-refractivity contribution is 6.17. The Morgan fingerprint density at radius 1 is 1.19 bits per heavy atom. The zero-order valence-electron chi connectivity index (χ0n) is 12.1. The summed E-state index contributed by atoms with van der Waals surface area (Å²) in [6.07, 6.45) is 4.35. The fraction of sp³-hybridized carbons (Fsp3) is 0.312. The molecule has 0 bridgehead atoms. The largest absolute Gasteiger partial charge is 0.304 e. The van der Waals surface area contributed by atoms with Crippen LogP contribution in [0.25, 0.3) is 11.2 Å². The molecule has 0 N–H and O–H groups in total. The molecule has 5 heteroatoms. The summed E-state index contributed by atoms with van der Waals surface area (Å²) in [5.41, 5.74) is 3.97. The van der Waals surface area contributed by atoms with Gasteiger partial charge in [-0.3, -0.25) is 4.98 Å². The average Bonchev–Trinajstić information content (AvgIpc) is 2.87.